The van der Waals surface area contributed by atoms with Crippen molar-refractivity contribution in [1.82, 2.24) is 0 Å². The van der Waals surface area contributed by atoms with Gasteiger partial charge in [0.1, 0.15) is 11.5 Å². The number of hydrogen-bond acceptors (Lipinski definition) is 4. The number of ether oxygens (including phenoxy) is 1. The lowest BCUT2D eigenvalue weighted by Crippen LogP contribution is -1.97. The van der Waals surface area contributed by atoms with Crippen molar-refractivity contribution in [3.05, 3.63) is 58.0 Å². The van der Waals surface area contributed by atoms with Crippen molar-refractivity contribution < 1.29 is 13.6 Å². The van der Waals surface area contributed by atoms with Crippen molar-refractivity contribution >= 4 is 0 Å². The van der Waals surface area contributed by atoms with Crippen molar-refractivity contribution in [3.63, 3.8) is 0 Å². The van der Waals surface area contributed by atoms with Gasteiger partial charge in [0.25, 0.3) is 0 Å². The summed E-state index contributed by atoms with van der Waals surface area (Å²) in [5.41, 5.74) is 1.16. The molecule has 96 valence electrons. The Morgan fingerprint density at radius 1 is 1.17 bits per heavy atom. The molecule has 1 aromatic carbocycles. The van der Waals surface area contributed by atoms with Crippen LogP contribution in [0, 0.1) is 6.92 Å². The quantitative estimate of drug-likeness (QED) is 0.737. The van der Waals surface area contributed by atoms with Crippen LogP contribution < -0.4 is 5.82 Å². The zero-order chi connectivity index (χ0) is 12.8. The van der Waals surface area contributed by atoms with Crippen LogP contribution in [0.5, 0.6) is 0 Å². The van der Waals surface area contributed by atoms with E-state index in [1.165, 1.54) is 0 Å². The number of benzene rings is 1. The number of aryl methyl sites for hydroxylation is 2. The summed E-state index contributed by atoms with van der Waals surface area (Å²) < 4.78 is 15.2. The highest BCUT2D eigenvalue weighted by atomic mass is 16.6. The van der Waals surface area contributed by atoms with E-state index in [9.17, 15) is 4.79 Å². The van der Waals surface area contributed by atoms with Crippen molar-refractivity contribution in [2.45, 2.75) is 26.4 Å². The first-order chi connectivity index (χ1) is 8.75. The Balaban J connectivity index is 1.68. The third-order valence-electron chi connectivity index (χ3n) is 2.64. The fourth-order valence-electron chi connectivity index (χ4n) is 1.70. The van der Waals surface area contributed by atoms with Gasteiger partial charge in [0.05, 0.1) is 6.61 Å². The Morgan fingerprint density at radius 3 is 2.61 bits per heavy atom. The maximum Gasteiger partial charge on any atom is 0.519 e. The minimum atomic E-state index is -0.632. The first-order valence-corrected chi connectivity index (χ1v) is 5.97. The van der Waals surface area contributed by atoms with E-state index in [-0.39, 0.29) is 0 Å². The molecule has 0 bridgehead atoms. The Morgan fingerprint density at radius 2 is 1.94 bits per heavy atom. The second kappa shape index (κ2) is 6.21. The van der Waals surface area contributed by atoms with Crippen LogP contribution >= 0.6 is 0 Å². The molecule has 0 fully saturated rings. The molecule has 0 spiro atoms. The van der Waals surface area contributed by atoms with Gasteiger partial charge in [-0.1, -0.05) is 30.3 Å². The zero-order valence-electron chi connectivity index (χ0n) is 10.3. The summed E-state index contributed by atoms with van der Waals surface area (Å²) in [5, 5.41) is 0. The summed E-state index contributed by atoms with van der Waals surface area (Å²) in [6.07, 6.45) is 1.46. The third kappa shape index (κ3) is 3.60. The zero-order valence-corrected chi connectivity index (χ0v) is 10.3. The van der Waals surface area contributed by atoms with Crippen LogP contribution in [0.3, 0.4) is 0 Å². The molecule has 0 unspecified atom stereocenters. The molecule has 18 heavy (non-hydrogen) atoms. The summed E-state index contributed by atoms with van der Waals surface area (Å²) >= 11 is 0. The van der Waals surface area contributed by atoms with Crippen LogP contribution in [0.1, 0.15) is 23.5 Å². The molecule has 0 atom stereocenters. The van der Waals surface area contributed by atoms with Gasteiger partial charge in [-0.3, -0.25) is 0 Å². The summed E-state index contributed by atoms with van der Waals surface area (Å²) in [7, 11) is 0. The molecule has 0 saturated heterocycles. The van der Waals surface area contributed by atoms with E-state index in [4.69, 9.17) is 13.6 Å². The van der Waals surface area contributed by atoms with Crippen molar-refractivity contribution in [1.29, 1.82) is 0 Å². The molecular weight excluding hydrogens is 232 g/mol. The predicted molar refractivity (Wildman–Crippen MR) is 66.4 cm³/mol. The smallest absolute Gasteiger partial charge is 0.396 e. The summed E-state index contributed by atoms with van der Waals surface area (Å²) in [6.45, 7) is 2.96. The molecule has 0 radical (unpaired) electrons. The van der Waals surface area contributed by atoms with Gasteiger partial charge in [-0.2, -0.15) is 0 Å². The van der Waals surface area contributed by atoms with Gasteiger partial charge >= 0.3 is 5.82 Å². The molecule has 0 aliphatic heterocycles. The summed E-state index contributed by atoms with van der Waals surface area (Å²) in [5.74, 6) is 0.541. The molecule has 1 aromatic heterocycles. The molecule has 0 saturated carbocycles. The Kier molecular flexibility index (Phi) is 4.36. The van der Waals surface area contributed by atoms with E-state index in [0.717, 1.165) is 12.0 Å². The van der Waals surface area contributed by atoms with E-state index >= 15 is 0 Å². The molecule has 0 aliphatic rings. The maximum absolute atomic E-state index is 10.8. The molecule has 0 amide bonds. The van der Waals surface area contributed by atoms with Crippen LogP contribution in [-0.4, -0.2) is 6.61 Å². The molecule has 1 heterocycles. The largest absolute Gasteiger partial charge is 0.519 e. The molecule has 2 aromatic rings. The minimum absolute atomic E-state index is 0.558. The Labute approximate surface area is 105 Å². The van der Waals surface area contributed by atoms with Crippen LogP contribution in [0.25, 0.3) is 0 Å². The van der Waals surface area contributed by atoms with Crippen molar-refractivity contribution in [2.24, 2.45) is 0 Å². The van der Waals surface area contributed by atoms with Crippen LogP contribution in [-0.2, 0) is 17.8 Å². The standard InChI is InChI=1S/C14H16O4/c1-11-13(18-14(15)17-11)8-5-9-16-10-12-6-3-2-4-7-12/h2-4,6-7H,5,8-10H2,1H3. The highest BCUT2D eigenvalue weighted by molar-refractivity contribution is 5.13. The number of hydrogen-bond donors (Lipinski definition) is 0. The average molecular weight is 248 g/mol. The number of rotatable bonds is 6. The van der Waals surface area contributed by atoms with Crippen LogP contribution in [0.15, 0.2) is 44.0 Å². The first-order valence-electron chi connectivity index (χ1n) is 5.97. The lowest BCUT2D eigenvalue weighted by molar-refractivity contribution is 0.117. The Hall–Kier alpha value is -1.81. The van der Waals surface area contributed by atoms with Gasteiger partial charge in [0.15, 0.2) is 0 Å². The van der Waals surface area contributed by atoms with Gasteiger partial charge in [-0.05, 0) is 18.9 Å². The average Bonchev–Trinajstić information content (AvgIpc) is 2.69. The topological polar surface area (TPSA) is 52.6 Å². The molecule has 0 aliphatic carbocycles. The summed E-state index contributed by atoms with van der Waals surface area (Å²) in [6, 6.07) is 10.0. The first kappa shape index (κ1) is 12.6. The highest BCUT2D eigenvalue weighted by Crippen LogP contribution is 2.08. The fraction of sp³-hybridized carbons (Fsp3) is 0.357. The van der Waals surface area contributed by atoms with Crippen molar-refractivity contribution in [2.75, 3.05) is 6.61 Å². The third-order valence-corrected chi connectivity index (χ3v) is 2.64. The van der Waals surface area contributed by atoms with Gasteiger partial charge < -0.3 is 13.6 Å². The van der Waals surface area contributed by atoms with E-state index in [2.05, 4.69) is 0 Å². The highest BCUT2D eigenvalue weighted by Gasteiger charge is 2.07. The second-order valence-corrected chi connectivity index (χ2v) is 4.08. The van der Waals surface area contributed by atoms with Crippen molar-refractivity contribution in [3.8, 4) is 0 Å². The maximum atomic E-state index is 10.8. The normalized spacial score (nSPS) is 10.7. The van der Waals surface area contributed by atoms with E-state index in [1.807, 2.05) is 30.3 Å². The Bertz CT molecular complexity index is 524. The van der Waals surface area contributed by atoms with Gasteiger partial charge in [0.2, 0.25) is 0 Å². The summed E-state index contributed by atoms with van der Waals surface area (Å²) in [4.78, 5) is 10.8. The van der Waals surface area contributed by atoms with Gasteiger partial charge in [-0.25, -0.2) is 4.79 Å². The fourth-order valence-corrected chi connectivity index (χ4v) is 1.70. The molecule has 0 N–H and O–H groups in total. The molecule has 4 nitrogen and oxygen atoms in total. The molecule has 2 rings (SSSR count). The van der Waals surface area contributed by atoms with Crippen LogP contribution in [0.4, 0.5) is 0 Å². The molecular formula is C14H16O4. The minimum Gasteiger partial charge on any atom is -0.396 e. The van der Waals surface area contributed by atoms with Gasteiger partial charge in [0, 0.05) is 13.0 Å². The predicted octanol–water partition coefficient (Wildman–Crippen LogP) is 2.69. The van der Waals surface area contributed by atoms with E-state index < -0.39 is 5.82 Å². The van der Waals surface area contributed by atoms with E-state index in [1.54, 1.807) is 6.92 Å². The van der Waals surface area contributed by atoms with E-state index in [0.29, 0.717) is 31.2 Å². The lowest BCUT2D eigenvalue weighted by atomic mass is 10.2. The monoisotopic (exact) mass is 248 g/mol. The molecule has 4 heteroatoms. The van der Waals surface area contributed by atoms with Crippen LogP contribution in [0.2, 0.25) is 0 Å². The lowest BCUT2D eigenvalue weighted by Gasteiger charge is -2.03. The SMILES string of the molecule is Cc1oc(=O)oc1CCCOCc1ccccc1. The second-order valence-electron chi connectivity index (χ2n) is 4.08. The van der Waals surface area contributed by atoms with Gasteiger partial charge in [-0.15, -0.1) is 0 Å².